The number of likely N-dealkylation sites (N-methyl/N-ethyl adjacent to an activating group) is 1. The van der Waals surface area contributed by atoms with Crippen molar-refractivity contribution in [1.82, 2.24) is 5.32 Å². The molecule has 0 radical (unpaired) electrons. The van der Waals surface area contributed by atoms with Gasteiger partial charge in [-0.1, -0.05) is 36.4 Å². The number of amides is 1. The molecular formula is C23H27N3O2. The number of benzene rings is 2. The highest BCUT2D eigenvalue weighted by Gasteiger charge is 2.13. The van der Waals surface area contributed by atoms with Crippen LogP contribution in [-0.2, 0) is 4.74 Å². The lowest BCUT2D eigenvalue weighted by Crippen LogP contribution is -2.25. The second-order valence-corrected chi connectivity index (χ2v) is 6.76. The van der Waals surface area contributed by atoms with Crippen molar-refractivity contribution in [2.45, 2.75) is 6.42 Å². The SMILES string of the molecule is COCCCNC(=O)c1ccc(C=CC2=NCCN(C)c3ccccc32)cc1. The monoisotopic (exact) mass is 377 g/mol. The molecule has 0 bridgehead atoms. The molecule has 1 heterocycles. The van der Waals surface area contributed by atoms with Crippen molar-refractivity contribution in [3.63, 3.8) is 0 Å². The number of methoxy groups -OCH3 is 1. The number of allylic oxidation sites excluding steroid dienone is 1. The van der Waals surface area contributed by atoms with Crippen LogP contribution in [0.3, 0.4) is 0 Å². The van der Waals surface area contributed by atoms with Gasteiger partial charge in [0, 0.05) is 50.7 Å². The Morgan fingerprint density at radius 2 is 1.96 bits per heavy atom. The second-order valence-electron chi connectivity index (χ2n) is 6.76. The third-order valence-corrected chi connectivity index (χ3v) is 4.73. The minimum Gasteiger partial charge on any atom is -0.385 e. The molecule has 0 fully saturated rings. The highest BCUT2D eigenvalue weighted by atomic mass is 16.5. The first-order valence-corrected chi connectivity index (χ1v) is 9.59. The minimum atomic E-state index is -0.0586. The van der Waals surface area contributed by atoms with E-state index >= 15 is 0 Å². The molecule has 3 rings (SSSR count). The van der Waals surface area contributed by atoms with Crippen LogP contribution >= 0.6 is 0 Å². The molecule has 0 saturated heterocycles. The maximum Gasteiger partial charge on any atom is 0.251 e. The van der Waals surface area contributed by atoms with E-state index in [1.54, 1.807) is 7.11 Å². The van der Waals surface area contributed by atoms with E-state index in [0.29, 0.717) is 18.7 Å². The molecule has 5 heteroatoms. The standard InChI is InChI=1S/C23H27N3O2/c1-26-16-15-24-21(20-6-3-4-7-22(20)26)13-10-18-8-11-19(12-9-18)23(27)25-14-5-17-28-2/h3-4,6-13H,5,14-17H2,1-2H3,(H,25,27). The van der Waals surface area contributed by atoms with Crippen molar-refractivity contribution in [2.75, 3.05) is 45.3 Å². The Bertz CT molecular complexity index is 856. The predicted molar refractivity (Wildman–Crippen MR) is 115 cm³/mol. The smallest absolute Gasteiger partial charge is 0.251 e. The van der Waals surface area contributed by atoms with Crippen LogP contribution in [0.5, 0.6) is 0 Å². The summed E-state index contributed by atoms with van der Waals surface area (Å²) in [5.74, 6) is -0.0586. The molecule has 0 aliphatic carbocycles. The summed E-state index contributed by atoms with van der Waals surface area (Å²) in [4.78, 5) is 19.1. The molecular weight excluding hydrogens is 350 g/mol. The van der Waals surface area contributed by atoms with Gasteiger partial charge in [-0.25, -0.2) is 0 Å². The van der Waals surface area contributed by atoms with E-state index in [0.717, 1.165) is 36.3 Å². The molecule has 146 valence electrons. The molecule has 2 aromatic carbocycles. The van der Waals surface area contributed by atoms with Gasteiger partial charge in [0.05, 0.1) is 12.3 Å². The number of hydrogen-bond donors (Lipinski definition) is 1. The van der Waals surface area contributed by atoms with Gasteiger partial charge in [-0.3, -0.25) is 9.79 Å². The third kappa shape index (κ3) is 5.08. The summed E-state index contributed by atoms with van der Waals surface area (Å²) in [7, 11) is 3.76. The number of rotatable bonds is 7. The number of para-hydroxylation sites is 1. The average molecular weight is 377 g/mol. The number of benzodiazepines with no additional fused rings is 1. The quantitative estimate of drug-likeness (QED) is 0.753. The molecule has 28 heavy (non-hydrogen) atoms. The molecule has 5 nitrogen and oxygen atoms in total. The van der Waals surface area contributed by atoms with Crippen molar-refractivity contribution < 1.29 is 9.53 Å². The molecule has 1 aliphatic heterocycles. The average Bonchev–Trinajstić information content (AvgIpc) is 2.89. The van der Waals surface area contributed by atoms with Crippen LogP contribution in [-0.4, -0.2) is 52.0 Å². The lowest BCUT2D eigenvalue weighted by molar-refractivity contribution is 0.0948. The Hall–Kier alpha value is -2.92. The zero-order chi connectivity index (χ0) is 19.8. The van der Waals surface area contributed by atoms with Crippen molar-refractivity contribution in [3.05, 3.63) is 71.3 Å². The van der Waals surface area contributed by atoms with Gasteiger partial charge in [0.25, 0.3) is 5.91 Å². The number of fused-ring (bicyclic) bond motifs is 1. The molecule has 2 aromatic rings. The Kier molecular flexibility index (Phi) is 6.98. The van der Waals surface area contributed by atoms with E-state index in [9.17, 15) is 4.79 Å². The van der Waals surface area contributed by atoms with Gasteiger partial charge in [0.2, 0.25) is 0 Å². The predicted octanol–water partition coefficient (Wildman–Crippen LogP) is 3.41. The molecule has 0 unspecified atom stereocenters. The highest BCUT2D eigenvalue weighted by Crippen LogP contribution is 2.23. The van der Waals surface area contributed by atoms with Crippen LogP contribution in [0.4, 0.5) is 5.69 Å². The lowest BCUT2D eigenvalue weighted by Gasteiger charge is -2.18. The van der Waals surface area contributed by atoms with Gasteiger partial charge in [0.1, 0.15) is 0 Å². The van der Waals surface area contributed by atoms with Crippen molar-refractivity contribution in [2.24, 2.45) is 4.99 Å². The maximum atomic E-state index is 12.1. The summed E-state index contributed by atoms with van der Waals surface area (Å²) < 4.78 is 4.99. The summed E-state index contributed by atoms with van der Waals surface area (Å²) in [5.41, 5.74) is 5.02. The van der Waals surface area contributed by atoms with E-state index in [1.807, 2.05) is 36.4 Å². The second kappa shape index (κ2) is 9.85. The van der Waals surface area contributed by atoms with Crippen LogP contribution in [0.1, 0.15) is 27.9 Å². The summed E-state index contributed by atoms with van der Waals surface area (Å²) >= 11 is 0. The first-order valence-electron chi connectivity index (χ1n) is 9.59. The normalized spacial score (nSPS) is 13.8. The topological polar surface area (TPSA) is 53.9 Å². The van der Waals surface area contributed by atoms with Crippen LogP contribution < -0.4 is 10.2 Å². The Morgan fingerprint density at radius 1 is 1.18 bits per heavy atom. The fraction of sp³-hybridized carbons (Fsp3) is 0.304. The van der Waals surface area contributed by atoms with Gasteiger partial charge >= 0.3 is 0 Å². The number of nitrogens with one attached hydrogen (secondary N) is 1. The lowest BCUT2D eigenvalue weighted by atomic mass is 10.0. The van der Waals surface area contributed by atoms with Crippen LogP contribution in [0.15, 0.2) is 59.6 Å². The number of carbonyl (C=O) groups is 1. The zero-order valence-corrected chi connectivity index (χ0v) is 16.5. The first kappa shape index (κ1) is 19.8. The van der Waals surface area contributed by atoms with Gasteiger partial charge < -0.3 is 15.0 Å². The fourth-order valence-electron chi connectivity index (χ4n) is 3.13. The van der Waals surface area contributed by atoms with Crippen LogP contribution in [0.25, 0.3) is 6.08 Å². The number of carbonyl (C=O) groups excluding carboxylic acids is 1. The minimum absolute atomic E-state index is 0.0586. The van der Waals surface area contributed by atoms with Gasteiger partial charge in [-0.2, -0.15) is 0 Å². The van der Waals surface area contributed by atoms with Crippen molar-refractivity contribution in [1.29, 1.82) is 0 Å². The summed E-state index contributed by atoms with van der Waals surface area (Å²) in [5, 5.41) is 2.90. The molecule has 0 spiro atoms. The number of anilines is 1. The third-order valence-electron chi connectivity index (χ3n) is 4.73. The van der Waals surface area contributed by atoms with E-state index in [-0.39, 0.29) is 5.91 Å². The highest BCUT2D eigenvalue weighted by molar-refractivity contribution is 6.14. The summed E-state index contributed by atoms with van der Waals surface area (Å²) in [6, 6.07) is 15.9. The summed E-state index contributed by atoms with van der Waals surface area (Å²) in [6.07, 6.45) is 4.90. The molecule has 0 atom stereocenters. The van der Waals surface area contributed by atoms with E-state index in [2.05, 4.69) is 41.5 Å². The molecule has 1 amide bonds. The number of hydrogen-bond acceptors (Lipinski definition) is 4. The van der Waals surface area contributed by atoms with E-state index < -0.39 is 0 Å². The van der Waals surface area contributed by atoms with E-state index in [4.69, 9.17) is 9.73 Å². The molecule has 0 aromatic heterocycles. The fourth-order valence-corrected chi connectivity index (χ4v) is 3.13. The van der Waals surface area contributed by atoms with Crippen molar-refractivity contribution in [3.8, 4) is 0 Å². The van der Waals surface area contributed by atoms with E-state index in [1.165, 1.54) is 5.69 Å². The Balaban J connectivity index is 1.67. The Labute approximate surface area is 166 Å². The number of ether oxygens (including phenoxy) is 1. The molecule has 0 saturated carbocycles. The number of nitrogens with zero attached hydrogens (tertiary/aromatic N) is 2. The van der Waals surface area contributed by atoms with Gasteiger partial charge in [-0.05, 0) is 36.3 Å². The van der Waals surface area contributed by atoms with Crippen LogP contribution in [0, 0.1) is 0 Å². The molecule has 1 N–H and O–H groups in total. The summed E-state index contributed by atoms with van der Waals surface area (Å²) in [6.45, 7) is 2.93. The Morgan fingerprint density at radius 3 is 2.75 bits per heavy atom. The van der Waals surface area contributed by atoms with Gasteiger partial charge in [-0.15, -0.1) is 0 Å². The zero-order valence-electron chi connectivity index (χ0n) is 16.5. The first-order chi connectivity index (χ1) is 13.7. The van der Waals surface area contributed by atoms with Gasteiger partial charge in [0.15, 0.2) is 0 Å². The number of aliphatic imine (C=N–C) groups is 1. The largest absolute Gasteiger partial charge is 0.385 e. The maximum absolute atomic E-state index is 12.1. The van der Waals surface area contributed by atoms with Crippen molar-refractivity contribution >= 4 is 23.4 Å². The molecule has 1 aliphatic rings. The van der Waals surface area contributed by atoms with Crippen LogP contribution in [0.2, 0.25) is 0 Å².